The lowest BCUT2D eigenvalue weighted by Crippen LogP contribution is -2.48. The second-order valence-electron chi connectivity index (χ2n) is 4.69. The average Bonchev–Trinajstić information content (AvgIpc) is 2.37. The molecule has 0 bridgehead atoms. The van der Waals surface area contributed by atoms with Gasteiger partial charge in [0, 0.05) is 25.7 Å². The highest BCUT2D eigenvalue weighted by atomic mass is 16.5. The van der Waals surface area contributed by atoms with Crippen LogP contribution in [0.4, 0.5) is 0 Å². The number of likely N-dealkylation sites (N-methyl/N-ethyl adjacent to an activating group) is 1. The Morgan fingerprint density at radius 1 is 1.59 bits per heavy atom. The van der Waals surface area contributed by atoms with Gasteiger partial charge < -0.3 is 19.7 Å². The van der Waals surface area contributed by atoms with Gasteiger partial charge in [0.15, 0.2) is 0 Å². The number of rotatable bonds is 5. The SMILES string of the molecule is COC(=O)C(C)C(C)N(C)CC1CNCCO1. The first-order valence-corrected chi connectivity index (χ1v) is 6.16. The Morgan fingerprint density at radius 3 is 2.82 bits per heavy atom. The molecule has 100 valence electrons. The van der Waals surface area contributed by atoms with Crippen LogP contribution in [0.5, 0.6) is 0 Å². The molecular formula is C12H24N2O3. The van der Waals surface area contributed by atoms with Crippen LogP contribution >= 0.6 is 0 Å². The molecule has 0 amide bonds. The van der Waals surface area contributed by atoms with Crippen molar-refractivity contribution >= 4 is 5.97 Å². The molecule has 5 nitrogen and oxygen atoms in total. The molecule has 0 aromatic heterocycles. The number of morpholine rings is 1. The Morgan fingerprint density at radius 2 is 2.29 bits per heavy atom. The van der Waals surface area contributed by atoms with Gasteiger partial charge in [0.1, 0.15) is 0 Å². The minimum absolute atomic E-state index is 0.124. The second-order valence-corrected chi connectivity index (χ2v) is 4.69. The number of nitrogens with one attached hydrogen (secondary N) is 1. The molecule has 1 aliphatic rings. The van der Waals surface area contributed by atoms with Crippen molar-refractivity contribution in [1.82, 2.24) is 10.2 Å². The molecule has 0 aromatic rings. The van der Waals surface area contributed by atoms with Crippen molar-refractivity contribution in [2.75, 3.05) is 40.4 Å². The molecule has 0 radical (unpaired) electrons. The number of nitrogens with zero attached hydrogens (tertiary/aromatic N) is 1. The van der Waals surface area contributed by atoms with Crippen molar-refractivity contribution in [3.8, 4) is 0 Å². The van der Waals surface area contributed by atoms with E-state index < -0.39 is 0 Å². The highest BCUT2D eigenvalue weighted by molar-refractivity contribution is 5.72. The lowest BCUT2D eigenvalue weighted by molar-refractivity contribution is -0.147. The van der Waals surface area contributed by atoms with E-state index >= 15 is 0 Å². The van der Waals surface area contributed by atoms with Gasteiger partial charge in [-0.2, -0.15) is 0 Å². The van der Waals surface area contributed by atoms with Crippen LogP contribution in [0.3, 0.4) is 0 Å². The number of hydrogen-bond donors (Lipinski definition) is 1. The van der Waals surface area contributed by atoms with Gasteiger partial charge in [-0.3, -0.25) is 4.79 Å². The molecule has 1 rings (SSSR count). The van der Waals surface area contributed by atoms with Crippen LogP contribution in [-0.2, 0) is 14.3 Å². The largest absolute Gasteiger partial charge is 0.469 e. The monoisotopic (exact) mass is 244 g/mol. The number of hydrogen-bond acceptors (Lipinski definition) is 5. The molecule has 5 heteroatoms. The van der Waals surface area contributed by atoms with E-state index in [1.165, 1.54) is 7.11 Å². The summed E-state index contributed by atoms with van der Waals surface area (Å²) in [6.45, 7) is 7.33. The lowest BCUT2D eigenvalue weighted by Gasteiger charge is -2.33. The number of esters is 1. The first-order chi connectivity index (χ1) is 8.06. The number of methoxy groups -OCH3 is 1. The fraction of sp³-hybridized carbons (Fsp3) is 0.917. The molecule has 0 spiro atoms. The summed E-state index contributed by atoms with van der Waals surface area (Å²) >= 11 is 0. The van der Waals surface area contributed by atoms with Gasteiger partial charge in [0.2, 0.25) is 0 Å². The van der Waals surface area contributed by atoms with Crippen LogP contribution in [-0.4, -0.2) is 63.4 Å². The topological polar surface area (TPSA) is 50.8 Å². The van der Waals surface area contributed by atoms with E-state index in [2.05, 4.69) is 10.2 Å². The zero-order valence-corrected chi connectivity index (χ0v) is 11.2. The molecule has 1 saturated heterocycles. The third-order valence-corrected chi connectivity index (χ3v) is 3.49. The maximum absolute atomic E-state index is 11.5. The summed E-state index contributed by atoms with van der Waals surface area (Å²) < 4.78 is 10.4. The number of carbonyl (C=O) groups excluding carboxylic acids is 1. The summed E-state index contributed by atoms with van der Waals surface area (Å²) in [5.41, 5.74) is 0. The highest BCUT2D eigenvalue weighted by Crippen LogP contribution is 2.12. The zero-order chi connectivity index (χ0) is 12.8. The van der Waals surface area contributed by atoms with Crippen molar-refractivity contribution in [2.24, 2.45) is 5.92 Å². The zero-order valence-electron chi connectivity index (χ0n) is 11.2. The molecule has 17 heavy (non-hydrogen) atoms. The second kappa shape index (κ2) is 6.93. The summed E-state index contributed by atoms with van der Waals surface area (Å²) in [5.74, 6) is -0.284. The summed E-state index contributed by atoms with van der Waals surface area (Å²) in [5, 5.41) is 3.30. The fourth-order valence-corrected chi connectivity index (χ4v) is 1.99. The maximum Gasteiger partial charge on any atom is 0.309 e. The molecule has 0 aliphatic carbocycles. The van der Waals surface area contributed by atoms with Gasteiger partial charge >= 0.3 is 5.97 Å². The minimum Gasteiger partial charge on any atom is -0.469 e. The standard InChI is InChI=1S/C12H24N2O3/c1-9(12(15)16-4)10(2)14(3)8-11-7-13-5-6-17-11/h9-11,13H,5-8H2,1-4H3. The van der Waals surface area contributed by atoms with E-state index in [-0.39, 0.29) is 24.0 Å². The van der Waals surface area contributed by atoms with Crippen LogP contribution in [0.2, 0.25) is 0 Å². The summed E-state index contributed by atoms with van der Waals surface area (Å²) in [6.07, 6.45) is 0.209. The summed E-state index contributed by atoms with van der Waals surface area (Å²) in [7, 11) is 3.45. The van der Waals surface area contributed by atoms with E-state index in [0.29, 0.717) is 0 Å². The third kappa shape index (κ3) is 4.26. The van der Waals surface area contributed by atoms with Gasteiger partial charge in [-0.1, -0.05) is 6.92 Å². The number of carbonyl (C=O) groups is 1. The van der Waals surface area contributed by atoms with Crippen LogP contribution in [0, 0.1) is 5.92 Å². The number of ether oxygens (including phenoxy) is 2. The van der Waals surface area contributed by atoms with Crippen LogP contribution < -0.4 is 5.32 Å². The average molecular weight is 244 g/mol. The molecule has 1 N–H and O–H groups in total. The van der Waals surface area contributed by atoms with Gasteiger partial charge in [-0.25, -0.2) is 0 Å². The Balaban J connectivity index is 2.39. The van der Waals surface area contributed by atoms with E-state index in [1.54, 1.807) is 0 Å². The van der Waals surface area contributed by atoms with Crippen molar-refractivity contribution in [1.29, 1.82) is 0 Å². The first-order valence-electron chi connectivity index (χ1n) is 6.16. The van der Waals surface area contributed by atoms with E-state index in [1.807, 2.05) is 20.9 Å². The predicted molar refractivity (Wildman–Crippen MR) is 65.9 cm³/mol. The molecule has 1 aliphatic heterocycles. The van der Waals surface area contributed by atoms with Crippen LogP contribution in [0.25, 0.3) is 0 Å². The molecule has 1 heterocycles. The molecule has 1 fully saturated rings. The van der Waals surface area contributed by atoms with Crippen molar-refractivity contribution in [2.45, 2.75) is 26.0 Å². The molecule has 0 saturated carbocycles. The summed E-state index contributed by atoms with van der Waals surface area (Å²) in [4.78, 5) is 13.6. The Bertz CT molecular complexity index is 242. The van der Waals surface area contributed by atoms with Gasteiger partial charge in [0.25, 0.3) is 0 Å². The maximum atomic E-state index is 11.5. The van der Waals surface area contributed by atoms with Gasteiger partial charge in [0.05, 0.1) is 25.7 Å². The normalized spacial score (nSPS) is 24.4. The minimum atomic E-state index is -0.160. The summed E-state index contributed by atoms with van der Waals surface area (Å²) in [6, 6.07) is 0.146. The molecule has 3 unspecified atom stereocenters. The Hall–Kier alpha value is -0.650. The van der Waals surface area contributed by atoms with Crippen LogP contribution in [0.1, 0.15) is 13.8 Å². The van der Waals surface area contributed by atoms with Crippen molar-refractivity contribution in [3.05, 3.63) is 0 Å². The first kappa shape index (κ1) is 14.4. The van der Waals surface area contributed by atoms with Crippen molar-refractivity contribution < 1.29 is 14.3 Å². The van der Waals surface area contributed by atoms with Crippen LogP contribution in [0.15, 0.2) is 0 Å². The third-order valence-electron chi connectivity index (χ3n) is 3.49. The van der Waals surface area contributed by atoms with Crippen molar-refractivity contribution in [3.63, 3.8) is 0 Å². The smallest absolute Gasteiger partial charge is 0.309 e. The molecule has 0 aromatic carbocycles. The van der Waals surface area contributed by atoms with Gasteiger partial charge in [-0.15, -0.1) is 0 Å². The Kier molecular flexibility index (Phi) is 5.88. The molecular weight excluding hydrogens is 220 g/mol. The highest BCUT2D eigenvalue weighted by Gasteiger charge is 2.26. The fourth-order valence-electron chi connectivity index (χ4n) is 1.99. The van der Waals surface area contributed by atoms with E-state index in [0.717, 1.165) is 26.2 Å². The molecule has 3 atom stereocenters. The van der Waals surface area contributed by atoms with E-state index in [9.17, 15) is 4.79 Å². The lowest BCUT2D eigenvalue weighted by atomic mass is 10.0. The Labute approximate surface area is 103 Å². The quantitative estimate of drug-likeness (QED) is 0.695. The van der Waals surface area contributed by atoms with E-state index in [4.69, 9.17) is 9.47 Å². The predicted octanol–water partition coefficient (Wildman–Crippen LogP) is 0.104. The van der Waals surface area contributed by atoms with Gasteiger partial charge in [-0.05, 0) is 14.0 Å².